The van der Waals surface area contributed by atoms with E-state index in [1.807, 2.05) is 54.6 Å². The summed E-state index contributed by atoms with van der Waals surface area (Å²) in [5, 5.41) is 2.98. The lowest BCUT2D eigenvalue weighted by Crippen LogP contribution is -2.26. The van der Waals surface area contributed by atoms with Gasteiger partial charge < -0.3 is 19.4 Å². The van der Waals surface area contributed by atoms with Crippen molar-refractivity contribution in [2.24, 2.45) is 0 Å². The van der Waals surface area contributed by atoms with Crippen LogP contribution in [0.2, 0.25) is 0 Å². The number of rotatable bonds is 9. The Balaban J connectivity index is 1.43. The third-order valence-electron chi connectivity index (χ3n) is 5.10. The first-order valence-corrected chi connectivity index (χ1v) is 11.2. The maximum absolute atomic E-state index is 12.4. The van der Waals surface area contributed by atoms with Gasteiger partial charge in [0.2, 0.25) is 0 Å². The van der Waals surface area contributed by atoms with Crippen LogP contribution < -0.4 is 14.8 Å². The molecule has 0 spiro atoms. The Labute approximate surface area is 195 Å². The average Bonchev–Trinajstić information content (AvgIpc) is 3.16. The largest absolute Gasteiger partial charge is 0.493 e. The molecule has 3 aromatic carbocycles. The molecular formula is C25H24BrN3O3. The molecule has 1 aromatic heterocycles. The molecule has 7 heteroatoms. The van der Waals surface area contributed by atoms with Gasteiger partial charge in [0.25, 0.3) is 5.91 Å². The van der Waals surface area contributed by atoms with E-state index in [9.17, 15) is 4.79 Å². The molecule has 32 heavy (non-hydrogen) atoms. The number of carbonyl (C=O) groups is 1. The molecule has 0 saturated heterocycles. The molecule has 1 heterocycles. The van der Waals surface area contributed by atoms with Crippen LogP contribution in [0.4, 0.5) is 0 Å². The fourth-order valence-electron chi connectivity index (χ4n) is 3.57. The third kappa shape index (κ3) is 5.11. The first kappa shape index (κ1) is 21.9. The number of ether oxygens (including phenoxy) is 2. The smallest absolute Gasteiger partial charge is 0.251 e. The van der Waals surface area contributed by atoms with Crippen molar-refractivity contribution in [3.63, 3.8) is 0 Å². The molecule has 0 aliphatic heterocycles. The Hall–Kier alpha value is -3.32. The summed E-state index contributed by atoms with van der Waals surface area (Å²) in [6.45, 7) is 1.59. The van der Waals surface area contributed by atoms with E-state index in [1.54, 1.807) is 19.2 Å². The van der Waals surface area contributed by atoms with Crippen LogP contribution in [0.1, 0.15) is 16.2 Å². The van der Waals surface area contributed by atoms with Gasteiger partial charge in [-0.15, -0.1) is 0 Å². The van der Waals surface area contributed by atoms with Crippen molar-refractivity contribution in [2.45, 2.75) is 13.0 Å². The number of hydrogen-bond acceptors (Lipinski definition) is 4. The molecule has 4 aromatic rings. The number of fused-ring (bicyclic) bond motifs is 1. The van der Waals surface area contributed by atoms with Crippen LogP contribution in [0.3, 0.4) is 0 Å². The quantitative estimate of drug-likeness (QED) is 0.361. The topological polar surface area (TPSA) is 65.4 Å². The molecule has 0 aliphatic carbocycles. The van der Waals surface area contributed by atoms with Crippen molar-refractivity contribution >= 4 is 32.9 Å². The summed E-state index contributed by atoms with van der Waals surface area (Å²) >= 11 is 3.40. The zero-order valence-corrected chi connectivity index (χ0v) is 19.3. The molecule has 1 amide bonds. The van der Waals surface area contributed by atoms with Crippen LogP contribution in [0.25, 0.3) is 11.0 Å². The second kappa shape index (κ2) is 10.3. The average molecular weight is 494 g/mol. The number of amides is 1. The lowest BCUT2D eigenvalue weighted by molar-refractivity contribution is 0.0954. The molecule has 0 atom stereocenters. The third-order valence-corrected chi connectivity index (χ3v) is 5.59. The van der Waals surface area contributed by atoms with Gasteiger partial charge in [-0.1, -0.05) is 46.3 Å². The van der Waals surface area contributed by atoms with Gasteiger partial charge in [0, 0.05) is 23.0 Å². The first-order chi connectivity index (χ1) is 15.7. The van der Waals surface area contributed by atoms with Crippen LogP contribution >= 0.6 is 15.9 Å². The summed E-state index contributed by atoms with van der Waals surface area (Å²) in [5.41, 5.74) is 2.60. The Morgan fingerprint density at radius 3 is 2.62 bits per heavy atom. The highest BCUT2D eigenvalue weighted by Gasteiger charge is 2.12. The van der Waals surface area contributed by atoms with Crippen molar-refractivity contribution in [2.75, 3.05) is 20.3 Å². The van der Waals surface area contributed by atoms with E-state index < -0.39 is 0 Å². The second-order valence-electron chi connectivity index (χ2n) is 7.18. The molecule has 0 unspecified atom stereocenters. The maximum Gasteiger partial charge on any atom is 0.251 e. The number of nitrogens with one attached hydrogen (secondary N) is 1. The molecule has 0 saturated carbocycles. The Bertz CT molecular complexity index is 1220. The highest BCUT2D eigenvalue weighted by Crippen LogP contribution is 2.26. The summed E-state index contributed by atoms with van der Waals surface area (Å²) in [6.07, 6.45) is 0.614. The number of benzene rings is 3. The Morgan fingerprint density at radius 2 is 1.81 bits per heavy atom. The number of para-hydroxylation sites is 4. The maximum atomic E-state index is 12.4. The molecule has 0 fully saturated rings. The van der Waals surface area contributed by atoms with Crippen molar-refractivity contribution in [1.29, 1.82) is 0 Å². The number of carbonyl (C=O) groups excluding carboxylic acids is 1. The van der Waals surface area contributed by atoms with Crippen molar-refractivity contribution in [3.05, 3.63) is 88.7 Å². The van der Waals surface area contributed by atoms with E-state index in [4.69, 9.17) is 14.5 Å². The number of halogens is 1. The van der Waals surface area contributed by atoms with Gasteiger partial charge in [0.05, 0.1) is 24.7 Å². The van der Waals surface area contributed by atoms with Crippen molar-refractivity contribution in [3.8, 4) is 11.5 Å². The van der Waals surface area contributed by atoms with E-state index in [0.29, 0.717) is 43.2 Å². The molecule has 0 radical (unpaired) electrons. The predicted octanol–water partition coefficient (Wildman–Crippen LogP) is 4.86. The van der Waals surface area contributed by atoms with E-state index in [1.165, 1.54) is 0 Å². The monoisotopic (exact) mass is 493 g/mol. The summed E-state index contributed by atoms with van der Waals surface area (Å²) < 4.78 is 14.4. The Kier molecular flexibility index (Phi) is 7.07. The lowest BCUT2D eigenvalue weighted by Gasteiger charge is -2.13. The minimum atomic E-state index is -0.103. The normalized spacial score (nSPS) is 10.8. The number of aromatic nitrogens is 2. The van der Waals surface area contributed by atoms with Gasteiger partial charge in [-0.3, -0.25) is 4.79 Å². The minimum Gasteiger partial charge on any atom is -0.493 e. The lowest BCUT2D eigenvalue weighted by atomic mass is 10.2. The predicted molar refractivity (Wildman–Crippen MR) is 128 cm³/mol. The molecule has 0 aliphatic rings. The fraction of sp³-hybridized carbons (Fsp3) is 0.200. The van der Waals surface area contributed by atoms with E-state index in [-0.39, 0.29) is 5.91 Å². The van der Waals surface area contributed by atoms with Gasteiger partial charge in [0.1, 0.15) is 12.4 Å². The molecule has 1 N–H and O–H groups in total. The zero-order chi connectivity index (χ0) is 22.3. The standard InChI is InChI=1S/C25H24BrN3O3/c1-31-22-11-4-5-12-23(22)32-16-15-29-21-10-3-2-9-20(21)28-24(29)13-14-27-25(30)18-7-6-8-19(26)17-18/h2-12,17H,13-16H2,1H3,(H,27,30). The molecular weight excluding hydrogens is 470 g/mol. The van der Waals surface area contributed by atoms with Gasteiger partial charge in [-0.2, -0.15) is 0 Å². The number of nitrogens with zero attached hydrogens (tertiary/aromatic N) is 2. The van der Waals surface area contributed by atoms with Gasteiger partial charge in [-0.05, 0) is 42.5 Å². The van der Waals surface area contributed by atoms with Crippen molar-refractivity contribution in [1.82, 2.24) is 14.9 Å². The molecule has 164 valence electrons. The number of imidazole rings is 1. The summed E-state index contributed by atoms with van der Waals surface area (Å²) in [4.78, 5) is 17.2. The van der Waals surface area contributed by atoms with Gasteiger partial charge >= 0.3 is 0 Å². The summed E-state index contributed by atoms with van der Waals surface area (Å²) in [6, 6.07) is 23.0. The van der Waals surface area contributed by atoms with Crippen LogP contribution in [0.15, 0.2) is 77.3 Å². The SMILES string of the molecule is COc1ccccc1OCCn1c(CCNC(=O)c2cccc(Br)c2)nc2ccccc21. The second-order valence-corrected chi connectivity index (χ2v) is 8.10. The number of methoxy groups -OCH3 is 1. The molecule has 4 rings (SSSR count). The summed E-state index contributed by atoms with van der Waals surface area (Å²) in [5.74, 6) is 2.22. The highest BCUT2D eigenvalue weighted by molar-refractivity contribution is 9.10. The Morgan fingerprint density at radius 1 is 1.03 bits per heavy atom. The van der Waals surface area contributed by atoms with Crippen LogP contribution in [0, 0.1) is 0 Å². The first-order valence-electron chi connectivity index (χ1n) is 10.4. The van der Waals surface area contributed by atoms with Crippen LogP contribution in [-0.2, 0) is 13.0 Å². The highest BCUT2D eigenvalue weighted by atomic mass is 79.9. The van der Waals surface area contributed by atoms with E-state index in [0.717, 1.165) is 21.3 Å². The molecule has 0 bridgehead atoms. The number of hydrogen-bond donors (Lipinski definition) is 1. The summed E-state index contributed by atoms with van der Waals surface area (Å²) in [7, 11) is 1.63. The fourth-order valence-corrected chi connectivity index (χ4v) is 3.97. The van der Waals surface area contributed by atoms with E-state index in [2.05, 4.69) is 31.9 Å². The van der Waals surface area contributed by atoms with Gasteiger partial charge in [-0.25, -0.2) is 4.98 Å². The van der Waals surface area contributed by atoms with Crippen molar-refractivity contribution < 1.29 is 14.3 Å². The minimum absolute atomic E-state index is 0.103. The van der Waals surface area contributed by atoms with Crippen LogP contribution in [-0.4, -0.2) is 35.7 Å². The van der Waals surface area contributed by atoms with Crippen LogP contribution in [0.5, 0.6) is 11.5 Å². The zero-order valence-electron chi connectivity index (χ0n) is 17.8. The van der Waals surface area contributed by atoms with E-state index >= 15 is 0 Å². The molecule has 6 nitrogen and oxygen atoms in total. The van der Waals surface area contributed by atoms with Gasteiger partial charge in [0.15, 0.2) is 11.5 Å².